The maximum Gasteiger partial charge on any atom is 0.164 e. The summed E-state index contributed by atoms with van der Waals surface area (Å²) >= 11 is 0. The summed E-state index contributed by atoms with van der Waals surface area (Å²) in [5.41, 5.74) is 1.37. The molecular weight excluding hydrogens is 176 g/mol. The molecule has 0 bridgehead atoms. The van der Waals surface area contributed by atoms with Crippen LogP contribution in [0, 0.1) is 11.8 Å². The van der Waals surface area contributed by atoms with Crippen LogP contribution in [0.5, 0.6) is 0 Å². The van der Waals surface area contributed by atoms with Crippen LogP contribution in [0.1, 0.15) is 40.0 Å². The van der Waals surface area contributed by atoms with Gasteiger partial charge in [-0.1, -0.05) is 25.5 Å². The molecule has 0 heterocycles. The number of carbonyl (C=O) groups is 1. The van der Waals surface area contributed by atoms with E-state index in [4.69, 9.17) is 0 Å². The van der Waals surface area contributed by atoms with E-state index in [0.29, 0.717) is 0 Å². The normalized spacial score (nSPS) is 24.6. The van der Waals surface area contributed by atoms with E-state index in [1.54, 1.807) is 0 Å². The Morgan fingerprint density at radius 1 is 1.57 bits per heavy atom. The van der Waals surface area contributed by atoms with Crippen LogP contribution >= 0.6 is 0 Å². The zero-order valence-electron chi connectivity index (χ0n) is 9.29. The molecule has 0 fully saturated rings. The van der Waals surface area contributed by atoms with E-state index in [9.17, 15) is 9.90 Å². The van der Waals surface area contributed by atoms with Crippen LogP contribution in [0.15, 0.2) is 11.6 Å². The second kappa shape index (κ2) is 4.74. The van der Waals surface area contributed by atoms with E-state index in [2.05, 4.69) is 13.0 Å². The van der Waals surface area contributed by atoms with Crippen LogP contribution in [0.4, 0.5) is 0 Å². The largest absolute Gasteiger partial charge is 0.385 e. The first-order valence-corrected chi connectivity index (χ1v) is 5.39. The Kier molecular flexibility index (Phi) is 3.87. The summed E-state index contributed by atoms with van der Waals surface area (Å²) in [5.74, 6) is 0.120. The fourth-order valence-electron chi connectivity index (χ4n) is 1.79. The molecule has 0 saturated heterocycles. The van der Waals surface area contributed by atoms with Crippen molar-refractivity contribution >= 4 is 5.78 Å². The Balaban J connectivity index is 2.54. The van der Waals surface area contributed by atoms with Crippen molar-refractivity contribution in [3.8, 4) is 0 Å². The minimum Gasteiger partial charge on any atom is -0.385 e. The molecular formula is C12H20O2. The molecule has 0 aromatic carbocycles. The molecule has 0 aromatic heterocycles. The van der Waals surface area contributed by atoms with E-state index in [1.807, 2.05) is 13.8 Å². The highest BCUT2D eigenvalue weighted by atomic mass is 16.3. The third kappa shape index (κ3) is 2.68. The van der Waals surface area contributed by atoms with Gasteiger partial charge in [0, 0.05) is 5.92 Å². The number of Topliss-reactive ketones (excluding diaryl/α,β-unsaturated/α-hetero) is 1. The highest BCUT2D eigenvalue weighted by Crippen LogP contribution is 2.25. The van der Waals surface area contributed by atoms with Crippen LogP contribution in [-0.2, 0) is 4.79 Å². The summed E-state index contributed by atoms with van der Waals surface area (Å²) in [4.78, 5) is 11.8. The van der Waals surface area contributed by atoms with Gasteiger partial charge in [0.15, 0.2) is 5.78 Å². The predicted molar refractivity (Wildman–Crippen MR) is 56.9 cm³/mol. The Bertz CT molecular complexity index is 241. The second-order valence-corrected chi connectivity index (χ2v) is 4.61. The molecule has 1 N–H and O–H groups in total. The molecule has 0 spiro atoms. The molecule has 0 aliphatic heterocycles. The number of aliphatic hydroxyl groups excluding tert-OH is 1. The number of hydrogen-bond donors (Lipinski definition) is 1. The fourth-order valence-corrected chi connectivity index (χ4v) is 1.79. The first-order valence-electron chi connectivity index (χ1n) is 5.39. The van der Waals surface area contributed by atoms with E-state index >= 15 is 0 Å². The Labute approximate surface area is 86.0 Å². The molecule has 2 atom stereocenters. The van der Waals surface area contributed by atoms with Crippen molar-refractivity contribution in [1.82, 2.24) is 0 Å². The molecule has 0 aromatic rings. The van der Waals surface area contributed by atoms with Gasteiger partial charge >= 0.3 is 0 Å². The summed E-state index contributed by atoms with van der Waals surface area (Å²) in [5, 5.41) is 9.64. The number of rotatable bonds is 3. The lowest BCUT2D eigenvalue weighted by molar-refractivity contribution is -0.133. The third-order valence-corrected chi connectivity index (χ3v) is 2.96. The smallest absolute Gasteiger partial charge is 0.164 e. The van der Waals surface area contributed by atoms with Gasteiger partial charge < -0.3 is 5.11 Å². The van der Waals surface area contributed by atoms with Gasteiger partial charge in [0.25, 0.3) is 0 Å². The highest BCUT2D eigenvalue weighted by molar-refractivity contribution is 5.85. The number of carbonyl (C=O) groups excluding carboxylic acids is 1. The number of hydrogen-bond acceptors (Lipinski definition) is 2. The molecule has 1 aliphatic carbocycles. The topological polar surface area (TPSA) is 37.3 Å². The highest BCUT2D eigenvalue weighted by Gasteiger charge is 2.27. The standard InChI is InChI=1S/C12H20O2/c1-8(2)11(13)12(14)10-6-4-9(3)5-7-10/h4,8,10-11,13H,5-7H2,1-3H3/t10-,11-/m0/s1. The van der Waals surface area contributed by atoms with Crippen molar-refractivity contribution in [3.63, 3.8) is 0 Å². The first kappa shape index (κ1) is 11.4. The summed E-state index contributed by atoms with van der Waals surface area (Å²) in [6.07, 6.45) is 4.08. The number of aliphatic hydroxyl groups is 1. The maximum atomic E-state index is 11.8. The van der Waals surface area contributed by atoms with Gasteiger partial charge in [0.2, 0.25) is 0 Å². The summed E-state index contributed by atoms with van der Waals surface area (Å²) in [6.45, 7) is 5.86. The van der Waals surface area contributed by atoms with Gasteiger partial charge in [0.05, 0.1) is 0 Å². The van der Waals surface area contributed by atoms with Crippen molar-refractivity contribution < 1.29 is 9.90 Å². The summed E-state index contributed by atoms with van der Waals surface area (Å²) < 4.78 is 0. The molecule has 0 amide bonds. The van der Waals surface area contributed by atoms with E-state index in [1.165, 1.54) is 5.57 Å². The van der Waals surface area contributed by atoms with E-state index in [-0.39, 0.29) is 17.6 Å². The average molecular weight is 196 g/mol. The fraction of sp³-hybridized carbons (Fsp3) is 0.750. The molecule has 0 saturated carbocycles. The van der Waals surface area contributed by atoms with Gasteiger partial charge in [-0.05, 0) is 32.1 Å². The van der Waals surface area contributed by atoms with Gasteiger partial charge in [-0.15, -0.1) is 0 Å². The maximum absolute atomic E-state index is 11.8. The minimum atomic E-state index is -0.771. The van der Waals surface area contributed by atoms with Crippen LogP contribution in [-0.4, -0.2) is 17.0 Å². The number of allylic oxidation sites excluding steroid dienone is 2. The number of ketones is 1. The Hall–Kier alpha value is -0.630. The molecule has 0 radical (unpaired) electrons. The van der Waals surface area contributed by atoms with Crippen molar-refractivity contribution in [1.29, 1.82) is 0 Å². The van der Waals surface area contributed by atoms with Gasteiger partial charge in [-0.2, -0.15) is 0 Å². The van der Waals surface area contributed by atoms with Crippen LogP contribution in [0.25, 0.3) is 0 Å². The Morgan fingerprint density at radius 2 is 2.21 bits per heavy atom. The van der Waals surface area contributed by atoms with E-state index < -0.39 is 6.10 Å². The second-order valence-electron chi connectivity index (χ2n) is 4.61. The zero-order valence-corrected chi connectivity index (χ0v) is 9.29. The van der Waals surface area contributed by atoms with Gasteiger partial charge in [-0.25, -0.2) is 0 Å². The molecule has 0 unspecified atom stereocenters. The lowest BCUT2D eigenvalue weighted by Crippen LogP contribution is -2.32. The molecule has 80 valence electrons. The zero-order chi connectivity index (χ0) is 10.7. The van der Waals surface area contributed by atoms with Gasteiger partial charge in [-0.3, -0.25) is 4.79 Å². The minimum absolute atomic E-state index is 0.0313. The lowest BCUT2D eigenvalue weighted by Gasteiger charge is -2.23. The average Bonchev–Trinajstić information content (AvgIpc) is 2.16. The van der Waals surface area contributed by atoms with E-state index in [0.717, 1.165) is 19.3 Å². The predicted octanol–water partition coefficient (Wildman–Crippen LogP) is 2.32. The Morgan fingerprint density at radius 3 is 2.64 bits per heavy atom. The van der Waals surface area contributed by atoms with Crippen molar-refractivity contribution in [3.05, 3.63) is 11.6 Å². The summed E-state index contributed by atoms with van der Waals surface area (Å²) in [7, 11) is 0. The molecule has 2 heteroatoms. The molecule has 1 rings (SSSR count). The first-order chi connectivity index (χ1) is 6.52. The molecule has 14 heavy (non-hydrogen) atoms. The molecule has 2 nitrogen and oxygen atoms in total. The quantitative estimate of drug-likeness (QED) is 0.703. The van der Waals surface area contributed by atoms with Gasteiger partial charge in [0.1, 0.15) is 6.10 Å². The van der Waals surface area contributed by atoms with Crippen LogP contribution < -0.4 is 0 Å². The monoisotopic (exact) mass is 196 g/mol. The van der Waals surface area contributed by atoms with Crippen LogP contribution in [0.2, 0.25) is 0 Å². The van der Waals surface area contributed by atoms with Crippen LogP contribution in [0.3, 0.4) is 0 Å². The summed E-state index contributed by atoms with van der Waals surface area (Å²) in [6, 6.07) is 0. The van der Waals surface area contributed by atoms with Crippen molar-refractivity contribution in [2.24, 2.45) is 11.8 Å². The third-order valence-electron chi connectivity index (χ3n) is 2.96. The van der Waals surface area contributed by atoms with Crippen molar-refractivity contribution in [2.45, 2.75) is 46.1 Å². The SMILES string of the molecule is CC1=CC[C@H](C(=O)[C@@H](O)C(C)C)CC1. The molecule has 1 aliphatic rings. The lowest BCUT2D eigenvalue weighted by atomic mass is 9.83. The van der Waals surface area contributed by atoms with Crippen molar-refractivity contribution in [2.75, 3.05) is 0 Å².